The van der Waals surface area contributed by atoms with Gasteiger partial charge in [-0.05, 0) is 73.9 Å². The van der Waals surface area contributed by atoms with Crippen LogP contribution in [0.25, 0.3) is 0 Å². The largest absolute Gasteiger partial charge is 0.416 e. The van der Waals surface area contributed by atoms with Crippen LogP contribution in [-0.4, -0.2) is 47.4 Å². The molecule has 2 aliphatic heterocycles. The van der Waals surface area contributed by atoms with E-state index in [1.807, 2.05) is 0 Å². The number of halogens is 4. The lowest BCUT2D eigenvalue weighted by atomic mass is 9.43. The zero-order chi connectivity index (χ0) is 23.0. The molecular formula is C21H24BClF3N5O. The lowest BCUT2D eigenvalue weighted by Gasteiger charge is -2.13. The Hall–Kier alpha value is -2.33. The number of carbonyl (C=O) groups excluding carboxylic acids is 1. The number of carbonyl (C=O) groups is 1. The third kappa shape index (κ3) is 5.18. The molecule has 1 saturated heterocycles. The molecule has 0 saturated carbocycles. The van der Waals surface area contributed by atoms with Gasteiger partial charge in [0.05, 0.1) is 11.2 Å². The van der Waals surface area contributed by atoms with Crippen LogP contribution >= 0.6 is 11.6 Å². The van der Waals surface area contributed by atoms with E-state index in [-0.39, 0.29) is 29.9 Å². The van der Waals surface area contributed by atoms with Gasteiger partial charge in [0, 0.05) is 36.5 Å². The van der Waals surface area contributed by atoms with Gasteiger partial charge in [-0.15, -0.1) is 0 Å². The molecule has 0 bridgehead atoms. The number of nitrogens with two attached hydrogens (primary N) is 1. The number of alkyl halides is 3. The van der Waals surface area contributed by atoms with E-state index in [4.69, 9.17) is 17.3 Å². The molecule has 6 nitrogen and oxygen atoms in total. The Bertz CT molecular complexity index is 1040. The molecule has 4 rings (SSSR count). The maximum absolute atomic E-state index is 13.1. The van der Waals surface area contributed by atoms with E-state index < -0.39 is 11.7 Å². The summed E-state index contributed by atoms with van der Waals surface area (Å²) in [6, 6.07) is 3.44. The fraction of sp³-hybridized carbons (Fsp3) is 0.476. The third-order valence-electron chi connectivity index (χ3n) is 6.19. The fourth-order valence-electron chi connectivity index (χ4n) is 4.62. The monoisotopic (exact) mass is 465 g/mol. The number of rotatable bonds is 6. The average molecular weight is 466 g/mol. The number of nitrogens with zero attached hydrogens (tertiary/aromatic N) is 3. The zero-order valence-corrected chi connectivity index (χ0v) is 18.4. The first-order valence-corrected chi connectivity index (χ1v) is 10.9. The molecule has 170 valence electrons. The molecule has 0 spiro atoms. The Morgan fingerprint density at radius 2 is 2.09 bits per heavy atom. The van der Waals surface area contributed by atoms with Crippen LogP contribution in [-0.2, 0) is 30.2 Å². The molecule has 2 aromatic rings. The van der Waals surface area contributed by atoms with Crippen LogP contribution in [0.3, 0.4) is 0 Å². The number of nitrogen functional groups attached to an aromatic ring is 1. The highest BCUT2D eigenvalue weighted by Gasteiger charge is 2.36. The van der Waals surface area contributed by atoms with Gasteiger partial charge in [-0.25, -0.2) is 9.97 Å². The summed E-state index contributed by atoms with van der Waals surface area (Å²) in [5.41, 5.74) is 7.00. The number of aromatic nitrogens is 2. The van der Waals surface area contributed by atoms with Gasteiger partial charge in [-0.1, -0.05) is 0 Å². The average Bonchev–Trinajstić information content (AvgIpc) is 3.31. The van der Waals surface area contributed by atoms with E-state index in [0.717, 1.165) is 42.9 Å². The van der Waals surface area contributed by atoms with Gasteiger partial charge in [0.2, 0.25) is 12.0 Å². The molecule has 1 aromatic carbocycles. The highest BCUT2D eigenvalue weighted by atomic mass is 35.5. The summed E-state index contributed by atoms with van der Waals surface area (Å²) in [5.74, 6) is 0.835. The maximum Gasteiger partial charge on any atom is 0.416 e. The summed E-state index contributed by atoms with van der Waals surface area (Å²) < 4.78 is 39.2. The summed E-state index contributed by atoms with van der Waals surface area (Å²) in [4.78, 5) is 23.6. The number of fused-ring (bicyclic) bond motifs is 1. The van der Waals surface area contributed by atoms with Crippen molar-refractivity contribution in [3.05, 3.63) is 45.9 Å². The van der Waals surface area contributed by atoms with Crippen molar-refractivity contribution in [1.82, 2.24) is 14.9 Å². The molecule has 3 heterocycles. The number of hydrogen-bond donors (Lipinski definition) is 2. The van der Waals surface area contributed by atoms with Crippen LogP contribution in [0, 0.1) is 5.92 Å². The number of likely N-dealkylation sites (tertiary alicyclic amines) is 1. The summed E-state index contributed by atoms with van der Waals surface area (Å²) in [7, 11) is 2.06. The number of hydrogen-bond acceptors (Lipinski definition) is 6. The second kappa shape index (κ2) is 8.90. The second-order valence-corrected chi connectivity index (χ2v) is 9.11. The van der Waals surface area contributed by atoms with Crippen molar-refractivity contribution in [2.75, 3.05) is 31.2 Å². The third-order valence-corrected chi connectivity index (χ3v) is 6.36. The highest BCUT2D eigenvalue weighted by Crippen LogP contribution is 2.32. The van der Waals surface area contributed by atoms with Crippen molar-refractivity contribution >= 4 is 35.5 Å². The Morgan fingerprint density at radius 3 is 2.78 bits per heavy atom. The minimum Gasteiger partial charge on any atom is -0.399 e. The fourth-order valence-corrected chi connectivity index (χ4v) is 4.81. The SMILES string of the molecule is CN1CCC(CC(=O)B2Cc3nc(Cl)nc(NCc4cc(N)cc(C(F)(F)F)c4)c3C2)C1. The maximum atomic E-state index is 13.1. The molecule has 3 N–H and O–H groups in total. The first kappa shape index (κ1) is 22.9. The minimum absolute atomic E-state index is 0.0331. The van der Waals surface area contributed by atoms with Gasteiger partial charge in [0.1, 0.15) is 5.82 Å². The lowest BCUT2D eigenvalue weighted by Crippen LogP contribution is -2.30. The van der Waals surface area contributed by atoms with Gasteiger partial charge < -0.3 is 20.7 Å². The predicted molar refractivity (Wildman–Crippen MR) is 119 cm³/mol. The van der Waals surface area contributed by atoms with Gasteiger partial charge in [0.15, 0.2) is 0 Å². The van der Waals surface area contributed by atoms with Gasteiger partial charge in [0.25, 0.3) is 0 Å². The molecule has 1 aromatic heterocycles. The second-order valence-electron chi connectivity index (χ2n) is 8.77. The molecule has 0 amide bonds. The van der Waals surface area contributed by atoms with Gasteiger partial charge in [-0.3, -0.25) is 0 Å². The molecular weight excluding hydrogens is 442 g/mol. The highest BCUT2D eigenvalue weighted by molar-refractivity contribution is 6.89. The van der Waals surface area contributed by atoms with Crippen molar-refractivity contribution in [3.8, 4) is 0 Å². The molecule has 1 atom stereocenters. The lowest BCUT2D eigenvalue weighted by molar-refractivity contribution is -0.137. The predicted octanol–water partition coefficient (Wildman–Crippen LogP) is 3.47. The summed E-state index contributed by atoms with van der Waals surface area (Å²) in [6.07, 6.45) is -1.90. The first-order valence-electron chi connectivity index (χ1n) is 10.6. The standard InChI is InChI=1S/C21H24BClF3N5O/c1-31-3-2-12(11-31)6-18(32)22-8-16-17(9-22)29-20(23)30-19(16)28-10-13-4-14(21(24,25)26)7-15(27)5-13/h4-5,7,12H,2-3,6,8-11,27H2,1H3,(H,28,29,30). The smallest absolute Gasteiger partial charge is 0.399 e. The quantitative estimate of drug-likeness (QED) is 0.386. The summed E-state index contributed by atoms with van der Waals surface area (Å²) in [6.45, 7) is 1.86. The molecule has 1 fully saturated rings. The van der Waals surface area contributed by atoms with Crippen molar-refractivity contribution in [2.24, 2.45) is 5.92 Å². The van der Waals surface area contributed by atoms with E-state index in [1.165, 1.54) is 6.07 Å². The Kier molecular flexibility index (Phi) is 6.36. The van der Waals surface area contributed by atoms with Crippen molar-refractivity contribution in [3.63, 3.8) is 0 Å². The molecule has 1 unspecified atom stereocenters. The van der Waals surface area contributed by atoms with Gasteiger partial charge >= 0.3 is 6.18 Å². The van der Waals surface area contributed by atoms with E-state index in [0.29, 0.717) is 36.4 Å². The molecule has 0 aliphatic carbocycles. The Labute approximate surface area is 189 Å². The molecule has 32 heavy (non-hydrogen) atoms. The normalized spacial score (nSPS) is 18.8. The zero-order valence-electron chi connectivity index (χ0n) is 17.7. The Balaban J connectivity index is 1.47. The molecule has 11 heteroatoms. The summed E-state index contributed by atoms with van der Waals surface area (Å²) >= 11 is 6.08. The summed E-state index contributed by atoms with van der Waals surface area (Å²) in [5, 5.41) is 3.11. The Morgan fingerprint density at radius 1 is 1.31 bits per heavy atom. The van der Waals surface area contributed by atoms with Crippen molar-refractivity contribution < 1.29 is 18.0 Å². The molecule has 2 aliphatic rings. The van der Waals surface area contributed by atoms with Crippen LogP contribution in [0.5, 0.6) is 0 Å². The van der Waals surface area contributed by atoms with E-state index in [2.05, 4.69) is 27.2 Å². The van der Waals surface area contributed by atoms with Crippen LogP contribution in [0.2, 0.25) is 5.28 Å². The number of anilines is 2. The van der Waals surface area contributed by atoms with Crippen molar-refractivity contribution in [2.45, 2.75) is 38.2 Å². The van der Waals surface area contributed by atoms with Crippen LogP contribution < -0.4 is 11.1 Å². The van der Waals surface area contributed by atoms with Crippen LogP contribution in [0.15, 0.2) is 18.2 Å². The number of benzene rings is 1. The van der Waals surface area contributed by atoms with E-state index in [1.54, 1.807) is 0 Å². The van der Waals surface area contributed by atoms with Crippen LogP contribution in [0.1, 0.15) is 35.2 Å². The van der Waals surface area contributed by atoms with Gasteiger partial charge in [-0.2, -0.15) is 13.2 Å². The van der Waals surface area contributed by atoms with E-state index in [9.17, 15) is 18.0 Å². The van der Waals surface area contributed by atoms with Crippen LogP contribution in [0.4, 0.5) is 24.7 Å². The topological polar surface area (TPSA) is 84.1 Å². The van der Waals surface area contributed by atoms with E-state index >= 15 is 0 Å². The van der Waals surface area contributed by atoms with Crippen molar-refractivity contribution in [1.29, 1.82) is 0 Å². The number of nitrogens with one attached hydrogen (secondary N) is 1. The molecule has 0 radical (unpaired) electrons. The first-order chi connectivity index (χ1) is 15.1. The minimum atomic E-state index is -4.48.